The molecule has 2 aliphatic heterocycles. The van der Waals surface area contributed by atoms with Crippen molar-refractivity contribution in [2.45, 2.75) is 51.6 Å². The van der Waals surface area contributed by atoms with E-state index in [1.165, 1.54) is 76.0 Å². The topological polar surface area (TPSA) is 27.7 Å². The van der Waals surface area contributed by atoms with Gasteiger partial charge in [0.15, 0.2) is 0 Å². The van der Waals surface area contributed by atoms with Crippen LogP contribution < -0.4 is 10.1 Å². The molecule has 0 bridgehead atoms. The van der Waals surface area contributed by atoms with E-state index in [1.807, 2.05) is 0 Å². The van der Waals surface area contributed by atoms with Crippen LogP contribution in [0.15, 0.2) is 18.2 Å². The van der Waals surface area contributed by atoms with Crippen molar-refractivity contribution < 1.29 is 4.74 Å². The third-order valence-corrected chi connectivity index (χ3v) is 5.78. The van der Waals surface area contributed by atoms with Crippen molar-refractivity contribution in [3.63, 3.8) is 0 Å². The summed E-state index contributed by atoms with van der Waals surface area (Å²) in [7, 11) is 1.75. The van der Waals surface area contributed by atoms with Gasteiger partial charge in [-0.1, -0.05) is 18.6 Å². The summed E-state index contributed by atoms with van der Waals surface area (Å²) < 4.78 is 5.42. The van der Waals surface area contributed by atoms with Crippen molar-refractivity contribution in [1.29, 1.82) is 0 Å². The van der Waals surface area contributed by atoms with E-state index in [0.29, 0.717) is 6.04 Å². The predicted octanol–water partition coefficient (Wildman–Crippen LogP) is 3.47. The Labute approximate surface area is 165 Å². The number of nitrogens with one attached hydrogen (secondary N) is 1. The third kappa shape index (κ3) is 6.12. The lowest BCUT2D eigenvalue weighted by molar-refractivity contribution is 0.125. The number of piperidine rings is 2. The second-order valence-corrected chi connectivity index (χ2v) is 7.68. The Bertz CT molecular complexity index is 528. The average Bonchev–Trinajstić information content (AvgIpc) is 2.67. The fraction of sp³-hybridized carbons (Fsp3) is 0.714. The van der Waals surface area contributed by atoms with Gasteiger partial charge in [0, 0.05) is 32.2 Å². The molecule has 5 heteroatoms. The van der Waals surface area contributed by atoms with E-state index < -0.39 is 0 Å². The van der Waals surface area contributed by atoms with Crippen LogP contribution in [0.1, 0.15) is 43.2 Å². The standard InChI is InChI=1S/C21H35N3O.ClH/c1-18-15-19(8-9-21(18)25-2)17-24(20-7-6-10-22-16-20)14-13-23-11-4-3-5-12-23;/h8-9,15,20,22H,3-7,10-14,16-17H2,1-2H3;1H. The van der Waals surface area contributed by atoms with Gasteiger partial charge in [-0.3, -0.25) is 4.90 Å². The Balaban J connectivity index is 0.00000243. The second-order valence-electron chi connectivity index (χ2n) is 7.68. The molecular formula is C21H36ClN3O. The molecule has 1 atom stereocenters. The summed E-state index contributed by atoms with van der Waals surface area (Å²) in [6.45, 7) is 10.5. The molecule has 0 amide bonds. The van der Waals surface area contributed by atoms with E-state index in [4.69, 9.17) is 4.74 Å². The van der Waals surface area contributed by atoms with Crippen LogP contribution >= 0.6 is 12.4 Å². The van der Waals surface area contributed by atoms with Gasteiger partial charge in [-0.15, -0.1) is 12.4 Å². The first-order valence-corrected chi connectivity index (χ1v) is 10.1. The molecule has 0 saturated carbocycles. The van der Waals surface area contributed by atoms with Gasteiger partial charge in [0.1, 0.15) is 5.75 Å². The SMILES string of the molecule is COc1ccc(CN(CCN2CCCCC2)C2CCCNC2)cc1C.Cl. The molecule has 148 valence electrons. The van der Waals surface area contributed by atoms with Gasteiger partial charge in [0.25, 0.3) is 0 Å². The van der Waals surface area contributed by atoms with Gasteiger partial charge in [-0.05, 0) is 69.4 Å². The van der Waals surface area contributed by atoms with E-state index in [9.17, 15) is 0 Å². The lowest BCUT2D eigenvalue weighted by atomic mass is 10.0. The number of hydrogen-bond acceptors (Lipinski definition) is 4. The molecule has 1 aromatic carbocycles. The maximum Gasteiger partial charge on any atom is 0.121 e. The van der Waals surface area contributed by atoms with Crippen LogP contribution in [-0.2, 0) is 6.54 Å². The van der Waals surface area contributed by atoms with Gasteiger partial charge in [-0.2, -0.15) is 0 Å². The number of nitrogens with zero attached hydrogens (tertiary/aromatic N) is 2. The molecule has 3 rings (SSSR count). The first-order valence-electron chi connectivity index (χ1n) is 10.1. The Hall–Kier alpha value is -0.810. The molecule has 2 fully saturated rings. The monoisotopic (exact) mass is 381 g/mol. The zero-order valence-corrected chi connectivity index (χ0v) is 17.3. The van der Waals surface area contributed by atoms with E-state index in [1.54, 1.807) is 7.11 Å². The third-order valence-electron chi connectivity index (χ3n) is 5.78. The highest BCUT2D eigenvalue weighted by atomic mass is 35.5. The van der Waals surface area contributed by atoms with Gasteiger partial charge >= 0.3 is 0 Å². The number of ether oxygens (including phenoxy) is 1. The minimum Gasteiger partial charge on any atom is -0.496 e. The Kier molecular flexibility index (Phi) is 9.20. The molecule has 0 aromatic heterocycles. The van der Waals surface area contributed by atoms with Crippen LogP contribution in [0.5, 0.6) is 5.75 Å². The summed E-state index contributed by atoms with van der Waals surface area (Å²) in [5.74, 6) is 0.989. The lowest BCUT2D eigenvalue weighted by Crippen LogP contribution is -2.48. The van der Waals surface area contributed by atoms with Crippen molar-refractivity contribution in [2.24, 2.45) is 0 Å². The number of likely N-dealkylation sites (tertiary alicyclic amines) is 1. The van der Waals surface area contributed by atoms with Crippen LogP contribution in [0.3, 0.4) is 0 Å². The molecule has 26 heavy (non-hydrogen) atoms. The molecule has 2 heterocycles. The Morgan fingerprint density at radius 2 is 2.00 bits per heavy atom. The van der Waals surface area contributed by atoms with Crippen molar-refractivity contribution >= 4 is 12.4 Å². The fourth-order valence-electron chi connectivity index (χ4n) is 4.26. The zero-order valence-electron chi connectivity index (χ0n) is 16.5. The maximum atomic E-state index is 5.42. The van der Waals surface area contributed by atoms with Gasteiger partial charge in [-0.25, -0.2) is 0 Å². The first-order chi connectivity index (χ1) is 12.3. The molecule has 2 aliphatic rings. The summed E-state index contributed by atoms with van der Waals surface area (Å²) >= 11 is 0. The highest BCUT2D eigenvalue weighted by Crippen LogP contribution is 2.21. The molecule has 0 radical (unpaired) electrons. The van der Waals surface area contributed by atoms with Crippen molar-refractivity contribution in [1.82, 2.24) is 15.1 Å². The lowest BCUT2D eigenvalue weighted by Gasteiger charge is -2.37. The summed E-state index contributed by atoms with van der Waals surface area (Å²) in [5, 5.41) is 3.59. The van der Waals surface area contributed by atoms with Crippen LogP contribution in [0.4, 0.5) is 0 Å². The quantitative estimate of drug-likeness (QED) is 0.782. The molecular weight excluding hydrogens is 346 g/mol. The van der Waals surface area contributed by atoms with Crippen LogP contribution in [-0.4, -0.2) is 62.2 Å². The van der Waals surface area contributed by atoms with Crippen molar-refractivity contribution in [3.05, 3.63) is 29.3 Å². The molecule has 1 unspecified atom stereocenters. The first kappa shape index (κ1) is 21.5. The molecule has 0 spiro atoms. The van der Waals surface area contributed by atoms with E-state index in [-0.39, 0.29) is 12.4 Å². The number of rotatable bonds is 7. The number of aryl methyl sites for hydroxylation is 1. The summed E-state index contributed by atoms with van der Waals surface area (Å²) in [6.07, 6.45) is 6.79. The maximum absolute atomic E-state index is 5.42. The van der Waals surface area contributed by atoms with Crippen LogP contribution in [0.2, 0.25) is 0 Å². The number of methoxy groups -OCH3 is 1. The molecule has 4 nitrogen and oxygen atoms in total. The van der Waals surface area contributed by atoms with Gasteiger partial charge in [0.05, 0.1) is 7.11 Å². The minimum absolute atomic E-state index is 0. The number of benzene rings is 1. The van der Waals surface area contributed by atoms with E-state index in [0.717, 1.165) is 18.8 Å². The van der Waals surface area contributed by atoms with E-state index >= 15 is 0 Å². The predicted molar refractivity (Wildman–Crippen MR) is 112 cm³/mol. The molecule has 1 N–H and O–H groups in total. The summed E-state index contributed by atoms with van der Waals surface area (Å²) in [5.41, 5.74) is 2.64. The zero-order chi connectivity index (χ0) is 17.5. The minimum atomic E-state index is 0. The Morgan fingerprint density at radius 3 is 2.65 bits per heavy atom. The van der Waals surface area contributed by atoms with Gasteiger partial charge in [0.2, 0.25) is 0 Å². The molecule has 0 aliphatic carbocycles. The number of hydrogen-bond donors (Lipinski definition) is 1. The van der Waals surface area contributed by atoms with Crippen LogP contribution in [0.25, 0.3) is 0 Å². The second kappa shape index (κ2) is 11.1. The smallest absolute Gasteiger partial charge is 0.121 e. The normalized spacial score (nSPS) is 21.4. The summed E-state index contributed by atoms with van der Waals surface area (Å²) in [4.78, 5) is 5.37. The van der Waals surface area contributed by atoms with Crippen molar-refractivity contribution in [3.8, 4) is 5.75 Å². The fourth-order valence-corrected chi connectivity index (χ4v) is 4.26. The van der Waals surface area contributed by atoms with Crippen LogP contribution in [0, 0.1) is 6.92 Å². The average molecular weight is 382 g/mol. The summed E-state index contributed by atoms with van der Waals surface area (Å²) in [6, 6.07) is 7.31. The van der Waals surface area contributed by atoms with Gasteiger partial charge < -0.3 is 15.0 Å². The highest BCUT2D eigenvalue weighted by Gasteiger charge is 2.22. The highest BCUT2D eigenvalue weighted by molar-refractivity contribution is 5.85. The Morgan fingerprint density at radius 1 is 1.19 bits per heavy atom. The molecule has 2 saturated heterocycles. The van der Waals surface area contributed by atoms with Crippen molar-refractivity contribution in [2.75, 3.05) is 46.4 Å². The number of halogens is 1. The molecule has 1 aromatic rings. The van der Waals surface area contributed by atoms with E-state index in [2.05, 4.69) is 40.2 Å². The largest absolute Gasteiger partial charge is 0.496 e.